The fraction of sp³-hybridized carbons (Fsp3) is 0.600. The fourth-order valence-electron chi connectivity index (χ4n) is 2.48. The number of unbranched alkanes of at least 4 members (excludes halogenated alkanes) is 2. The Hall–Kier alpha value is -0.340. The van der Waals surface area contributed by atoms with Gasteiger partial charge in [-0.2, -0.15) is 0 Å². The van der Waals surface area contributed by atoms with E-state index in [1.165, 1.54) is 49.7 Å². The molecule has 2 rings (SSSR count). The second-order valence-corrected chi connectivity index (χ2v) is 5.49. The second kappa shape index (κ2) is 7.17. The number of alkyl halides is 1. The van der Waals surface area contributed by atoms with Crippen molar-refractivity contribution in [1.29, 1.82) is 0 Å². The van der Waals surface area contributed by atoms with E-state index < -0.39 is 0 Å². The zero-order valence-corrected chi connectivity index (χ0v) is 11.9. The van der Waals surface area contributed by atoms with E-state index in [-0.39, 0.29) is 0 Å². The van der Waals surface area contributed by atoms with Crippen molar-refractivity contribution >= 4 is 15.9 Å². The van der Waals surface area contributed by atoms with E-state index >= 15 is 0 Å². The van der Waals surface area contributed by atoms with Crippen molar-refractivity contribution in [1.82, 2.24) is 0 Å². The monoisotopic (exact) mass is 296 g/mol. The Morgan fingerprint density at radius 3 is 2.94 bits per heavy atom. The van der Waals surface area contributed by atoms with Gasteiger partial charge in [-0.25, -0.2) is 0 Å². The lowest BCUT2D eigenvalue weighted by Crippen LogP contribution is -2.13. The topological polar surface area (TPSA) is 9.23 Å². The van der Waals surface area contributed by atoms with E-state index in [9.17, 15) is 0 Å². The average molecular weight is 297 g/mol. The third-order valence-electron chi connectivity index (χ3n) is 3.41. The first-order valence-electron chi connectivity index (χ1n) is 6.67. The molecular formula is C15H21BrO. The van der Waals surface area contributed by atoms with E-state index in [1.54, 1.807) is 0 Å². The maximum atomic E-state index is 6.04. The molecule has 1 aliphatic carbocycles. The lowest BCUT2D eigenvalue weighted by atomic mass is 9.89. The van der Waals surface area contributed by atoms with Crippen LogP contribution in [0.5, 0.6) is 0 Å². The van der Waals surface area contributed by atoms with Crippen LogP contribution in [-0.4, -0.2) is 11.9 Å². The molecule has 1 nitrogen and oxygen atoms in total. The van der Waals surface area contributed by atoms with E-state index in [4.69, 9.17) is 4.74 Å². The molecule has 0 amide bonds. The van der Waals surface area contributed by atoms with Crippen molar-refractivity contribution in [2.75, 3.05) is 11.9 Å². The van der Waals surface area contributed by atoms with Crippen LogP contribution in [0.3, 0.4) is 0 Å². The molecule has 0 radical (unpaired) electrons. The summed E-state index contributed by atoms with van der Waals surface area (Å²) in [6, 6.07) is 8.75. The smallest absolute Gasteiger partial charge is 0.0827 e. The molecule has 1 unspecified atom stereocenters. The summed E-state index contributed by atoms with van der Waals surface area (Å²) in [7, 11) is 0. The van der Waals surface area contributed by atoms with Crippen LogP contribution >= 0.6 is 15.9 Å². The number of hydrogen-bond donors (Lipinski definition) is 0. The Labute approximate surface area is 113 Å². The van der Waals surface area contributed by atoms with Crippen LogP contribution in [0.1, 0.15) is 49.3 Å². The molecule has 1 aliphatic rings. The average Bonchev–Trinajstić information content (AvgIpc) is 2.39. The SMILES string of the molecule is BrCCCCCOC1CCCc2ccccc21. The van der Waals surface area contributed by atoms with Crippen LogP contribution in [0.25, 0.3) is 0 Å². The summed E-state index contributed by atoms with van der Waals surface area (Å²) in [6.45, 7) is 0.909. The summed E-state index contributed by atoms with van der Waals surface area (Å²) in [5.74, 6) is 0. The number of halogens is 1. The molecule has 0 fully saturated rings. The highest BCUT2D eigenvalue weighted by molar-refractivity contribution is 9.09. The van der Waals surface area contributed by atoms with Crippen molar-refractivity contribution in [2.24, 2.45) is 0 Å². The van der Waals surface area contributed by atoms with Crippen LogP contribution in [0.4, 0.5) is 0 Å². The van der Waals surface area contributed by atoms with E-state index in [2.05, 4.69) is 40.2 Å². The molecular weight excluding hydrogens is 276 g/mol. The van der Waals surface area contributed by atoms with Crippen LogP contribution in [0.2, 0.25) is 0 Å². The van der Waals surface area contributed by atoms with E-state index in [0.29, 0.717) is 6.10 Å². The Morgan fingerprint density at radius 2 is 2.06 bits per heavy atom. The highest BCUT2D eigenvalue weighted by Crippen LogP contribution is 2.32. The Bertz CT molecular complexity index is 337. The first-order chi connectivity index (χ1) is 8.42. The van der Waals surface area contributed by atoms with Crippen LogP contribution in [0, 0.1) is 0 Å². The molecule has 0 saturated heterocycles. The van der Waals surface area contributed by atoms with Crippen LogP contribution in [0.15, 0.2) is 24.3 Å². The molecule has 2 heteroatoms. The van der Waals surface area contributed by atoms with Crippen LogP contribution in [-0.2, 0) is 11.2 Å². The van der Waals surface area contributed by atoms with Crippen molar-refractivity contribution < 1.29 is 4.74 Å². The zero-order chi connectivity index (χ0) is 11.9. The summed E-state index contributed by atoms with van der Waals surface area (Å²) in [4.78, 5) is 0. The van der Waals surface area contributed by atoms with Gasteiger partial charge in [0.1, 0.15) is 0 Å². The minimum Gasteiger partial charge on any atom is -0.374 e. The third kappa shape index (κ3) is 3.82. The molecule has 0 bridgehead atoms. The third-order valence-corrected chi connectivity index (χ3v) is 3.97. The molecule has 0 spiro atoms. The molecule has 1 aromatic carbocycles. The predicted octanol–water partition coefficient (Wildman–Crippen LogP) is 4.65. The van der Waals surface area contributed by atoms with Gasteiger partial charge in [-0.05, 0) is 43.2 Å². The summed E-state index contributed by atoms with van der Waals surface area (Å²) in [6.07, 6.45) is 7.73. The summed E-state index contributed by atoms with van der Waals surface area (Å²) in [5.41, 5.74) is 2.92. The molecule has 94 valence electrons. The Balaban J connectivity index is 1.82. The molecule has 0 aromatic heterocycles. The zero-order valence-electron chi connectivity index (χ0n) is 10.3. The van der Waals surface area contributed by atoms with Crippen molar-refractivity contribution in [3.8, 4) is 0 Å². The van der Waals surface area contributed by atoms with Gasteiger partial charge in [-0.3, -0.25) is 0 Å². The number of hydrogen-bond acceptors (Lipinski definition) is 1. The highest BCUT2D eigenvalue weighted by atomic mass is 79.9. The van der Waals surface area contributed by atoms with Gasteiger partial charge < -0.3 is 4.74 Å². The van der Waals surface area contributed by atoms with E-state index in [0.717, 1.165) is 11.9 Å². The molecule has 0 aliphatic heterocycles. The lowest BCUT2D eigenvalue weighted by Gasteiger charge is -2.25. The minimum atomic E-state index is 0.351. The first-order valence-corrected chi connectivity index (χ1v) is 7.79. The van der Waals surface area contributed by atoms with Gasteiger partial charge in [0, 0.05) is 11.9 Å². The Kier molecular flexibility index (Phi) is 5.53. The number of benzene rings is 1. The number of aryl methyl sites for hydroxylation is 1. The number of rotatable bonds is 6. The van der Waals surface area contributed by atoms with Gasteiger partial charge in [0.05, 0.1) is 6.10 Å². The normalized spacial score (nSPS) is 19.0. The molecule has 0 N–H and O–H groups in total. The summed E-state index contributed by atoms with van der Waals surface area (Å²) in [5, 5.41) is 1.11. The van der Waals surface area contributed by atoms with Gasteiger partial charge in [0.25, 0.3) is 0 Å². The summed E-state index contributed by atoms with van der Waals surface area (Å²) >= 11 is 3.46. The molecule has 0 heterocycles. The molecule has 0 saturated carbocycles. The van der Waals surface area contributed by atoms with Crippen LogP contribution < -0.4 is 0 Å². The van der Waals surface area contributed by atoms with Crippen molar-refractivity contribution in [3.05, 3.63) is 35.4 Å². The second-order valence-electron chi connectivity index (χ2n) is 4.70. The maximum Gasteiger partial charge on any atom is 0.0827 e. The molecule has 17 heavy (non-hydrogen) atoms. The van der Waals surface area contributed by atoms with Crippen molar-refractivity contribution in [3.63, 3.8) is 0 Å². The maximum absolute atomic E-state index is 6.04. The van der Waals surface area contributed by atoms with Crippen molar-refractivity contribution in [2.45, 2.75) is 44.6 Å². The van der Waals surface area contributed by atoms with Gasteiger partial charge >= 0.3 is 0 Å². The van der Waals surface area contributed by atoms with Gasteiger partial charge in [0.15, 0.2) is 0 Å². The quantitative estimate of drug-likeness (QED) is 0.549. The molecule has 1 atom stereocenters. The molecule has 1 aromatic rings. The predicted molar refractivity (Wildman–Crippen MR) is 75.7 cm³/mol. The largest absolute Gasteiger partial charge is 0.374 e. The standard InChI is InChI=1S/C15H21BrO/c16-11-4-1-5-12-17-15-10-6-8-13-7-2-3-9-14(13)15/h2-3,7,9,15H,1,4-6,8,10-12H2. The number of ether oxygens (including phenoxy) is 1. The van der Waals surface area contributed by atoms with E-state index in [1.807, 2.05) is 0 Å². The number of fused-ring (bicyclic) bond motifs is 1. The van der Waals surface area contributed by atoms with Gasteiger partial charge in [-0.15, -0.1) is 0 Å². The Morgan fingerprint density at radius 1 is 1.18 bits per heavy atom. The lowest BCUT2D eigenvalue weighted by molar-refractivity contribution is 0.0384. The first kappa shape index (κ1) is 13.1. The fourth-order valence-corrected chi connectivity index (χ4v) is 2.88. The minimum absolute atomic E-state index is 0.351. The summed E-state index contributed by atoms with van der Waals surface area (Å²) < 4.78 is 6.04. The van der Waals surface area contributed by atoms with Gasteiger partial charge in [-0.1, -0.05) is 46.6 Å². The highest BCUT2D eigenvalue weighted by Gasteiger charge is 2.19. The van der Waals surface area contributed by atoms with Gasteiger partial charge in [0.2, 0.25) is 0 Å².